The minimum absolute atomic E-state index is 0.201. The van der Waals surface area contributed by atoms with E-state index in [1.165, 1.54) is 37.7 Å². The lowest BCUT2D eigenvalue weighted by Gasteiger charge is -2.43. The quantitative estimate of drug-likeness (QED) is 0.519. The Balaban J connectivity index is 2.06. The summed E-state index contributed by atoms with van der Waals surface area (Å²) in [6, 6.07) is 0. The van der Waals surface area contributed by atoms with Gasteiger partial charge in [-0.3, -0.25) is 0 Å². The second kappa shape index (κ2) is 3.45. The zero-order valence-corrected chi connectivity index (χ0v) is 8.64. The zero-order valence-electron chi connectivity index (χ0n) is 8.64. The molecule has 0 aromatic carbocycles. The first-order valence-electron chi connectivity index (χ1n) is 5.55. The van der Waals surface area contributed by atoms with E-state index in [1.54, 1.807) is 0 Å². The van der Waals surface area contributed by atoms with Crippen LogP contribution in [0.25, 0.3) is 0 Å². The Morgan fingerprint density at radius 3 is 2.62 bits per heavy atom. The van der Waals surface area contributed by atoms with Crippen LogP contribution in [0.3, 0.4) is 0 Å². The summed E-state index contributed by atoms with van der Waals surface area (Å²) in [5, 5.41) is 0. The van der Waals surface area contributed by atoms with Crippen LogP contribution in [-0.4, -0.2) is 11.7 Å². The molecule has 0 unspecified atom stereocenters. The van der Waals surface area contributed by atoms with Gasteiger partial charge in [0.1, 0.15) is 0 Å². The Kier molecular flexibility index (Phi) is 2.46. The lowest BCUT2D eigenvalue weighted by Crippen LogP contribution is -2.42. The van der Waals surface area contributed by atoms with Gasteiger partial charge in [0, 0.05) is 0 Å². The third kappa shape index (κ3) is 1.96. The van der Waals surface area contributed by atoms with Crippen molar-refractivity contribution in [1.29, 1.82) is 0 Å². The third-order valence-corrected chi connectivity index (χ3v) is 3.36. The van der Waals surface area contributed by atoms with Gasteiger partial charge in [0.05, 0.1) is 11.7 Å². The predicted molar refractivity (Wildman–Crippen MR) is 54.7 cm³/mol. The molecule has 0 amide bonds. The third-order valence-electron chi connectivity index (χ3n) is 3.36. The van der Waals surface area contributed by atoms with Gasteiger partial charge in [-0.2, -0.15) is 0 Å². The molecule has 0 aromatic rings. The Morgan fingerprint density at radius 2 is 2.00 bits per heavy atom. The average Bonchev–Trinajstić information content (AvgIpc) is 2.02. The highest BCUT2D eigenvalue weighted by molar-refractivity contribution is 5.07. The van der Waals surface area contributed by atoms with Gasteiger partial charge in [0.15, 0.2) is 0 Å². The van der Waals surface area contributed by atoms with Crippen molar-refractivity contribution in [2.24, 2.45) is 0 Å². The van der Waals surface area contributed by atoms with E-state index in [4.69, 9.17) is 4.74 Å². The van der Waals surface area contributed by atoms with Crippen molar-refractivity contribution in [3.63, 3.8) is 0 Å². The van der Waals surface area contributed by atoms with E-state index < -0.39 is 0 Å². The van der Waals surface area contributed by atoms with Crippen molar-refractivity contribution >= 4 is 0 Å². The van der Waals surface area contributed by atoms with Crippen LogP contribution in [0.1, 0.15) is 51.9 Å². The molecule has 0 bridgehead atoms. The number of ether oxygens (including phenoxy) is 1. The Hall–Kier alpha value is -0.300. The molecular formula is C12H20O. The summed E-state index contributed by atoms with van der Waals surface area (Å²) >= 11 is 0. The summed E-state index contributed by atoms with van der Waals surface area (Å²) in [4.78, 5) is 0. The van der Waals surface area contributed by atoms with E-state index >= 15 is 0 Å². The molecule has 2 aliphatic rings. The molecule has 1 heteroatoms. The van der Waals surface area contributed by atoms with Crippen LogP contribution in [0, 0.1) is 0 Å². The van der Waals surface area contributed by atoms with Crippen LogP contribution in [0.5, 0.6) is 0 Å². The van der Waals surface area contributed by atoms with Crippen molar-refractivity contribution in [2.45, 2.75) is 63.6 Å². The molecule has 13 heavy (non-hydrogen) atoms. The molecule has 0 aromatic heterocycles. The molecule has 0 N–H and O–H groups in total. The first-order valence-corrected chi connectivity index (χ1v) is 5.55. The zero-order chi connectivity index (χ0) is 9.31. The van der Waals surface area contributed by atoms with Gasteiger partial charge in [-0.1, -0.05) is 31.4 Å². The van der Waals surface area contributed by atoms with Crippen molar-refractivity contribution < 1.29 is 4.74 Å². The summed E-state index contributed by atoms with van der Waals surface area (Å²) in [5.41, 5.74) is 1.60. The monoisotopic (exact) mass is 180 g/mol. The molecule has 1 aliphatic carbocycles. The van der Waals surface area contributed by atoms with Gasteiger partial charge >= 0.3 is 0 Å². The molecule has 2 rings (SSSR count). The summed E-state index contributed by atoms with van der Waals surface area (Å²) < 4.78 is 6.12. The maximum Gasteiger partial charge on any atom is 0.0723 e. The number of hydrogen-bond acceptors (Lipinski definition) is 1. The van der Waals surface area contributed by atoms with Crippen molar-refractivity contribution in [2.75, 3.05) is 0 Å². The standard InChI is InChI=1S/C12H20O/c1-10-8-11(2)13-12(9-10)6-4-3-5-7-12/h11H,1,3-9H2,2H3/t11-/m1/s1. The molecule has 2 fully saturated rings. The lowest BCUT2D eigenvalue weighted by atomic mass is 9.77. The van der Waals surface area contributed by atoms with Gasteiger partial charge in [-0.25, -0.2) is 0 Å². The smallest absolute Gasteiger partial charge is 0.0723 e. The van der Waals surface area contributed by atoms with E-state index in [0.29, 0.717) is 6.10 Å². The second-order valence-electron chi connectivity index (χ2n) is 4.80. The largest absolute Gasteiger partial charge is 0.371 e. The summed E-state index contributed by atoms with van der Waals surface area (Å²) in [6.07, 6.45) is 9.21. The van der Waals surface area contributed by atoms with Crippen molar-refractivity contribution in [3.8, 4) is 0 Å². The van der Waals surface area contributed by atoms with Gasteiger partial charge in [0.2, 0.25) is 0 Å². The van der Waals surface area contributed by atoms with Gasteiger partial charge in [0.25, 0.3) is 0 Å². The van der Waals surface area contributed by atoms with Crippen LogP contribution >= 0.6 is 0 Å². The van der Waals surface area contributed by atoms with Gasteiger partial charge in [-0.05, 0) is 32.6 Å². The second-order valence-corrected chi connectivity index (χ2v) is 4.80. The summed E-state index contributed by atoms with van der Waals surface area (Å²) in [7, 11) is 0. The van der Waals surface area contributed by atoms with Crippen molar-refractivity contribution in [3.05, 3.63) is 12.2 Å². The topological polar surface area (TPSA) is 9.23 Å². The van der Waals surface area contributed by atoms with Crippen LogP contribution in [-0.2, 0) is 4.74 Å². The fraction of sp³-hybridized carbons (Fsp3) is 0.833. The Bertz CT molecular complexity index is 201. The highest BCUT2D eigenvalue weighted by Gasteiger charge is 2.38. The normalized spacial score (nSPS) is 33.6. The fourth-order valence-electron chi connectivity index (χ4n) is 2.94. The molecule has 1 nitrogen and oxygen atoms in total. The van der Waals surface area contributed by atoms with Crippen LogP contribution in [0.2, 0.25) is 0 Å². The maximum absolute atomic E-state index is 6.12. The van der Waals surface area contributed by atoms with E-state index in [2.05, 4.69) is 13.5 Å². The van der Waals surface area contributed by atoms with Crippen LogP contribution in [0.4, 0.5) is 0 Å². The van der Waals surface area contributed by atoms with Gasteiger partial charge < -0.3 is 4.74 Å². The fourth-order valence-corrected chi connectivity index (χ4v) is 2.94. The van der Waals surface area contributed by atoms with E-state index in [1.807, 2.05) is 0 Å². The molecule has 0 radical (unpaired) electrons. The Morgan fingerprint density at radius 1 is 1.31 bits per heavy atom. The SMILES string of the molecule is C=C1C[C@@H](C)OC2(CCCCC2)C1. The number of rotatable bonds is 0. The van der Waals surface area contributed by atoms with E-state index in [0.717, 1.165) is 12.8 Å². The Labute approximate surface area is 81.2 Å². The minimum Gasteiger partial charge on any atom is -0.371 e. The average molecular weight is 180 g/mol. The highest BCUT2D eigenvalue weighted by Crippen LogP contribution is 2.41. The van der Waals surface area contributed by atoms with E-state index in [9.17, 15) is 0 Å². The predicted octanol–water partition coefficient (Wildman–Crippen LogP) is 3.44. The summed E-state index contributed by atoms with van der Waals surface area (Å²) in [6.45, 7) is 6.32. The molecule has 1 atom stereocenters. The molecule has 1 aliphatic heterocycles. The maximum atomic E-state index is 6.12. The van der Waals surface area contributed by atoms with Gasteiger partial charge in [-0.15, -0.1) is 0 Å². The molecule has 1 spiro atoms. The van der Waals surface area contributed by atoms with Crippen LogP contribution < -0.4 is 0 Å². The van der Waals surface area contributed by atoms with E-state index in [-0.39, 0.29) is 5.60 Å². The highest BCUT2D eigenvalue weighted by atomic mass is 16.5. The lowest BCUT2D eigenvalue weighted by molar-refractivity contribution is -0.123. The van der Waals surface area contributed by atoms with Crippen molar-refractivity contribution in [1.82, 2.24) is 0 Å². The molecular weight excluding hydrogens is 160 g/mol. The first-order chi connectivity index (χ1) is 6.20. The molecule has 1 saturated carbocycles. The summed E-state index contributed by atoms with van der Waals surface area (Å²) in [5.74, 6) is 0. The van der Waals surface area contributed by atoms with Crippen LogP contribution in [0.15, 0.2) is 12.2 Å². The first kappa shape index (κ1) is 9.26. The molecule has 1 saturated heterocycles. The minimum atomic E-state index is 0.201. The number of hydrogen-bond donors (Lipinski definition) is 0. The molecule has 1 heterocycles. The molecule has 74 valence electrons.